The minimum absolute atomic E-state index is 0.101. The highest BCUT2D eigenvalue weighted by molar-refractivity contribution is 8.13. The van der Waals surface area contributed by atoms with E-state index in [1.165, 1.54) is 11.1 Å². The third kappa shape index (κ3) is 3.84. The van der Waals surface area contributed by atoms with Crippen molar-refractivity contribution in [1.82, 2.24) is 0 Å². The van der Waals surface area contributed by atoms with E-state index >= 15 is 0 Å². The van der Waals surface area contributed by atoms with Gasteiger partial charge in [-0.3, -0.25) is 4.99 Å². The van der Waals surface area contributed by atoms with E-state index in [-0.39, 0.29) is 23.6 Å². The molecule has 2 aromatic rings. The first-order valence-electron chi connectivity index (χ1n) is 8.85. The molecule has 1 fully saturated rings. The zero-order valence-electron chi connectivity index (χ0n) is 15.3. The van der Waals surface area contributed by atoms with Gasteiger partial charge in [0.1, 0.15) is 5.75 Å². The number of aliphatic imine (C=N–C) groups is 1. The molecule has 0 aromatic heterocycles. The number of aryl methyl sites for hydroxylation is 1. The quantitative estimate of drug-likeness (QED) is 0.786. The molecule has 0 radical (unpaired) electrons. The number of hydrogen-bond acceptors (Lipinski definition) is 6. The molecule has 27 heavy (non-hydrogen) atoms. The molecule has 142 valence electrons. The first kappa shape index (κ1) is 18.4. The second-order valence-electron chi connectivity index (χ2n) is 6.97. The van der Waals surface area contributed by atoms with Gasteiger partial charge in [-0.2, -0.15) is 0 Å². The molecule has 2 aliphatic rings. The number of nitrogens with zero attached hydrogens (tertiary/aromatic N) is 2. The molecule has 0 N–H and O–H groups in total. The largest absolute Gasteiger partial charge is 0.497 e. The number of sulfone groups is 1. The van der Waals surface area contributed by atoms with Crippen LogP contribution < -0.4 is 9.64 Å². The molecule has 5 nitrogen and oxygen atoms in total. The van der Waals surface area contributed by atoms with E-state index < -0.39 is 9.84 Å². The number of benzene rings is 2. The van der Waals surface area contributed by atoms with Crippen molar-refractivity contribution in [2.24, 2.45) is 4.99 Å². The number of methoxy groups -OCH3 is 1. The predicted octanol–water partition coefficient (Wildman–Crippen LogP) is 3.28. The number of hydrogen-bond donors (Lipinski definition) is 0. The minimum Gasteiger partial charge on any atom is -0.497 e. The zero-order chi connectivity index (χ0) is 19.0. The van der Waals surface area contributed by atoms with Crippen molar-refractivity contribution in [1.29, 1.82) is 0 Å². The van der Waals surface area contributed by atoms with E-state index in [4.69, 9.17) is 9.73 Å². The van der Waals surface area contributed by atoms with E-state index in [2.05, 4.69) is 17.0 Å². The van der Waals surface area contributed by atoms with E-state index in [1.54, 1.807) is 18.9 Å². The van der Waals surface area contributed by atoms with Gasteiger partial charge in [-0.25, -0.2) is 8.42 Å². The summed E-state index contributed by atoms with van der Waals surface area (Å²) >= 11 is 1.65. The van der Waals surface area contributed by atoms with Gasteiger partial charge >= 0.3 is 0 Å². The molecule has 7 heteroatoms. The lowest BCUT2D eigenvalue weighted by atomic mass is 10.1. The van der Waals surface area contributed by atoms with Crippen molar-refractivity contribution < 1.29 is 13.2 Å². The Morgan fingerprint density at radius 2 is 1.81 bits per heavy atom. The highest BCUT2D eigenvalue weighted by Gasteiger charge is 2.47. The molecule has 2 heterocycles. The first-order chi connectivity index (χ1) is 12.9. The van der Waals surface area contributed by atoms with Crippen LogP contribution in [0.4, 0.5) is 5.69 Å². The number of fused-ring (bicyclic) bond motifs is 1. The number of anilines is 1. The van der Waals surface area contributed by atoms with Gasteiger partial charge in [-0.05, 0) is 36.8 Å². The average Bonchev–Trinajstić information content (AvgIpc) is 3.12. The highest BCUT2D eigenvalue weighted by Crippen LogP contribution is 2.36. The van der Waals surface area contributed by atoms with Crippen LogP contribution in [0.1, 0.15) is 11.1 Å². The molecule has 1 saturated heterocycles. The Kier molecular flexibility index (Phi) is 4.90. The van der Waals surface area contributed by atoms with Crippen molar-refractivity contribution in [2.75, 3.05) is 23.5 Å². The summed E-state index contributed by atoms with van der Waals surface area (Å²) in [6.45, 7) is 2.05. The van der Waals surface area contributed by atoms with Gasteiger partial charge in [0.05, 0.1) is 30.7 Å². The van der Waals surface area contributed by atoms with E-state index in [9.17, 15) is 8.42 Å². The topological polar surface area (TPSA) is 59.0 Å². The molecule has 2 unspecified atom stereocenters. The van der Waals surface area contributed by atoms with E-state index in [0.717, 1.165) is 22.4 Å². The summed E-state index contributed by atoms with van der Waals surface area (Å²) in [5, 5.41) is 0.902. The second-order valence-corrected chi connectivity index (χ2v) is 10.1. The Balaban J connectivity index is 1.57. The van der Waals surface area contributed by atoms with Gasteiger partial charge in [0.2, 0.25) is 0 Å². The van der Waals surface area contributed by atoms with Crippen molar-refractivity contribution in [3.63, 3.8) is 0 Å². The zero-order valence-corrected chi connectivity index (χ0v) is 17.0. The molecular formula is C20H22N2O3S2. The Morgan fingerprint density at radius 3 is 2.48 bits per heavy atom. The fraction of sp³-hybridized carbons (Fsp3) is 0.350. The fourth-order valence-corrected chi connectivity index (χ4v) is 6.43. The molecule has 4 rings (SSSR count). The van der Waals surface area contributed by atoms with Crippen LogP contribution in [-0.4, -0.2) is 44.3 Å². The van der Waals surface area contributed by atoms with Crippen LogP contribution in [0.2, 0.25) is 0 Å². The molecule has 0 bridgehead atoms. The van der Waals surface area contributed by atoms with Gasteiger partial charge in [0.25, 0.3) is 0 Å². The summed E-state index contributed by atoms with van der Waals surface area (Å²) in [6, 6.07) is 15.9. The van der Waals surface area contributed by atoms with Gasteiger partial charge in [-0.15, -0.1) is 0 Å². The Bertz CT molecular complexity index is 954. The molecule has 0 spiro atoms. The van der Waals surface area contributed by atoms with Crippen LogP contribution in [0.3, 0.4) is 0 Å². The smallest absolute Gasteiger partial charge is 0.164 e. The van der Waals surface area contributed by atoms with E-state index in [0.29, 0.717) is 0 Å². The SMILES string of the molecule is COc1ccc(CSC2=NC3CS(=O)(=O)CC3N2c2ccc(C)cc2)cc1. The number of rotatable bonds is 4. The Hall–Kier alpha value is -1.99. The van der Waals surface area contributed by atoms with Gasteiger partial charge in [-0.1, -0.05) is 41.6 Å². The summed E-state index contributed by atoms with van der Waals surface area (Å²) in [4.78, 5) is 6.89. The summed E-state index contributed by atoms with van der Waals surface area (Å²) in [5.74, 6) is 1.93. The van der Waals surface area contributed by atoms with Crippen LogP contribution in [-0.2, 0) is 15.6 Å². The van der Waals surface area contributed by atoms with Crippen LogP contribution in [0.25, 0.3) is 0 Å². The van der Waals surface area contributed by atoms with Crippen molar-refractivity contribution in [2.45, 2.75) is 24.8 Å². The second kappa shape index (κ2) is 7.20. The third-order valence-electron chi connectivity index (χ3n) is 4.95. The average molecular weight is 403 g/mol. The van der Waals surface area contributed by atoms with Gasteiger partial charge in [0, 0.05) is 11.4 Å². The molecule has 2 atom stereocenters. The third-order valence-corrected chi connectivity index (χ3v) is 7.68. The predicted molar refractivity (Wildman–Crippen MR) is 112 cm³/mol. The summed E-state index contributed by atoms with van der Waals surface area (Å²) in [7, 11) is -1.37. The summed E-state index contributed by atoms with van der Waals surface area (Å²) in [6.07, 6.45) is 0. The monoisotopic (exact) mass is 402 g/mol. The standard InChI is InChI=1S/C20H22N2O3S2/c1-14-3-7-16(8-4-14)22-19-13-27(23,24)12-18(19)21-20(22)26-11-15-5-9-17(25-2)10-6-15/h3-10,18-19H,11-13H2,1-2H3. The summed E-state index contributed by atoms with van der Waals surface area (Å²) in [5.41, 5.74) is 3.36. The molecule has 0 saturated carbocycles. The molecule has 0 amide bonds. The minimum atomic E-state index is -3.02. The molecule has 2 aliphatic heterocycles. The molecule has 0 aliphatic carbocycles. The van der Waals surface area contributed by atoms with Crippen LogP contribution in [0.15, 0.2) is 53.5 Å². The fourth-order valence-electron chi connectivity index (χ4n) is 3.51. The lowest BCUT2D eigenvalue weighted by Gasteiger charge is -2.26. The van der Waals surface area contributed by atoms with Crippen molar-refractivity contribution >= 4 is 32.5 Å². The molecular weight excluding hydrogens is 380 g/mol. The number of amidine groups is 1. The van der Waals surface area contributed by atoms with Gasteiger partial charge in [0.15, 0.2) is 15.0 Å². The number of ether oxygens (including phenoxy) is 1. The van der Waals surface area contributed by atoms with Crippen LogP contribution in [0.5, 0.6) is 5.75 Å². The first-order valence-corrected chi connectivity index (χ1v) is 11.7. The van der Waals surface area contributed by atoms with E-state index in [1.807, 2.05) is 43.3 Å². The Morgan fingerprint density at radius 1 is 1.11 bits per heavy atom. The maximum Gasteiger partial charge on any atom is 0.164 e. The lowest BCUT2D eigenvalue weighted by molar-refractivity contribution is 0.414. The normalized spacial score (nSPS) is 23.2. The van der Waals surface area contributed by atoms with Gasteiger partial charge < -0.3 is 9.64 Å². The lowest BCUT2D eigenvalue weighted by Crippen LogP contribution is -2.39. The maximum absolute atomic E-state index is 12.1. The van der Waals surface area contributed by atoms with Crippen LogP contribution in [0, 0.1) is 6.92 Å². The van der Waals surface area contributed by atoms with Crippen molar-refractivity contribution in [3.05, 3.63) is 59.7 Å². The number of thioether (sulfide) groups is 1. The van der Waals surface area contributed by atoms with Crippen molar-refractivity contribution in [3.8, 4) is 5.75 Å². The maximum atomic E-state index is 12.1. The summed E-state index contributed by atoms with van der Waals surface area (Å²) < 4.78 is 29.4. The van der Waals surface area contributed by atoms with Crippen LogP contribution >= 0.6 is 11.8 Å². The Labute approximate surface area is 164 Å². The molecule has 2 aromatic carbocycles. The highest BCUT2D eigenvalue weighted by atomic mass is 32.2.